The quantitative estimate of drug-likeness (QED) is 0.754. The summed E-state index contributed by atoms with van der Waals surface area (Å²) in [7, 11) is 0. The lowest BCUT2D eigenvalue weighted by Gasteiger charge is -2.15. The van der Waals surface area contributed by atoms with Gasteiger partial charge in [-0.05, 0) is 24.1 Å². The SMILES string of the molecule is CC(=O)Nc1cccc(-c2n[nH]c3c2CN(Cc2ccccc2)C3)c1C. The van der Waals surface area contributed by atoms with Crippen molar-refractivity contribution in [1.82, 2.24) is 15.1 Å². The summed E-state index contributed by atoms with van der Waals surface area (Å²) in [5.74, 6) is -0.0634. The Labute approximate surface area is 153 Å². The van der Waals surface area contributed by atoms with Crippen LogP contribution >= 0.6 is 0 Å². The standard InChI is InChI=1S/C21H22N4O/c1-14-17(9-6-10-19(14)22-15(2)26)21-18-12-25(13-20(18)23-24-21)11-16-7-4-3-5-8-16/h3-10H,11-13H2,1-2H3,(H,22,26)(H,23,24). The summed E-state index contributed by atoms with van der Waals surface area (Å²) in [6, 6.07) is 16.5. The molecule has 4 rings (SSSR count). The van der Waals surface area contributed by atoms with Gasteiger partial charge in [0.05, 0.1) is 11.4 Å². The first-order chi connectivity index (χ1) is 12.6. The van der Waals surface area contributed by atoms with E-state index in [4.69, 9.17) is 0 Å². The van der Waals surface area contributed by atoms with Gasteiger partial charge in [-0.25, -0.2) is 0 Å². The number of rotatable bonds is 4. The third-order valence-electron chi connectivity index (χ3n) is 4.86. The minimum Gasteiger partial charge on any atom is -0.326 e. The van der Waals surface area contributed by atoms with Gasteiger partial charge in [0.2, 0.25) is 5.91 Å². The molecule has 1 aromatic heterocycles. The molecule has 1 aliphatic heterocycles. The Bertz CT molecular complexity index is 946. The number of fused-ring (bicyclic) bond motifs is 1. The molecule has 0 unspecified atom stereocenters. The van der Waals surface area contributed by atoms with Crippen LogP contribution in [0, 0.1) is 6.92 Å². The number of aromatic nitrogens is 2. The van der Waals surface area contributed by atoms with Gasteiger partial charge in [0.1, 0.15) is 0 Å². The van der Waals surface area contributed by atoms with Crippen molar-refractivity contribution in [1.29, 1.82) is 0 Å². The first-order valence-electron chi connectivity index (χ1n) is 8.82. The third-order valence-corrected chi connectivity index (χ3v) is 4.86. The molecule has 1 aliphatic rings. The largest absolute Gasteiger partial charge is 0.326 e. The van der Waals surface area contributed by atoms with Crippen molar-refractivity contribution < 1.29 is 4.79 Å². The van der Waals surface area contributed by atoms with Crippen molar-refractivity contribution in [2.45, 2.75) is 33.5 Å². The van der Waals surface area contributed by atoms with Crippen molar-refractivity contribution in [2.75, 3.05) is 5.32 Å². The molecule has 0 radical (unpaired) electrons. The summed E-state index contributed by atoms with van der Waals surface area (Å²) in [5, 5.41) is 10.7. The fourth-order valence-corrected chi connectivity index (χ4v) is 3.60. The maximum absolute atomic E-state index is 11.4. The Hall–Kier alpha value is -2.92. The van der Waals surface area contributed by atoms with Crippen molar-refractivity contribution in [3.8, 4) is 11.3 Å². The number of benzene rings is 2. The van der Waals surface area contributed by atoms with Crippen LogP contribution in [0.1, 0.15) is 29.3 Å². The number of carbonyl (C=O) groups is 1. The molecule has 5 heteroatoms. The highest BCUT2D eigenvalue weighted by Gasteiger charge is 2.26. The van der Waals surface area contributed by atoms with Gasteiger partial charge >= 0.3 is 0 Å². The van der Waals surface area contributed by atoms with E-state index in [1.807, 2.05) is 25.1 Å². The van der Waals surface area contributed by atoms with Crippen LogP contribution in [-0.4, -0.2) is 21.0 Å². The minimum absolute atomic E-state index is 0.0634. The van der Waals surface area contributed by atoms with Gasteiger partial charge in [-0.15, -0.1) is 0 Å². The average Bonchev–Trinajstić information content (AvgIpc) is 3.18. The van der Waals surface area contributed by atoms with Crippen molar-refractivity contribution in [3.05, 3.63) is 70.9 Å². The summed E-state index contributed by atoms with van der Waals surface area (Å²) in [6.45, 7) is 6.23. The molecule has 2 aromatic carbocycles. The summed E-state index contributed by atoms with van der Waals surface area (Å²) < 4.78 is 0. The molecule has 2 N–H and O–H groups in total. The van der Waals surface area contributed by atoms with Crippen molar-refractivity contribution in [2.24, 2.45) is 0 Å². The number of nitrogens with zero attached hydrogens (tertiary/aromatic N) is 2. The van der Waals surface area contributed by atoms with Crippen LogP contribution in [-0.2, 0) is 24.4 Å². The molecule has 1 amide bonds. The van der Waals surface area contributed by atoms with Crippen LogP contribution in [0.4, 0.5) is 5.69 Å². The fraction of sp³-hybridized carbons (Fsp3) is 0.238. The molecule has 5 nitrogen and oxygen atoms in total. The predicted octanol–water partition coefficient (Wildman–Crippen LogP) is 3.86. The predicted molar refractivity (Wildman–Crippen MR) is 102 cm³/mol. The van der Waals surface area contributed by atoms with Gasteiger partial charge in [0, 0.05) is 43.4 Å². The number of hydrogen-bond donors (Lipinski definition) is 2. The summed E-state index contributed by atoms with van der Waals surface area (Å²) >= 11 is 0. The number of hydrogen-bond acceptors (Lipinski definition) is 3. The normalized spacial score (nSPS) is 13.6. The molecular weight excluding hydrogens is 324 g/mol. The summed E-state index contributed by atoms with van der Waals surface area (Å²) in [6.07, 6.45) is 0. The van der Waals surface area contributed by atoms with Crippen LogP contribution < -0.4 is 5.32 Å². The first kappa shape index (κ1) is 16.5. The van der Waals surface area contributed by atoms with E-state index in [1.165, 1.54) is 23.7 Å². The van der Waals surface area contributed by atoms with Crippen LogP contribution in [0.15, 0.2) is 48.5 Å². The Morgan fingerprint density at radius 2 is 1.96 bits per heavy atom. The molecule has 0 atom stereocenters. The molecule has 26 heavy (non-hydrogen) atoms. The highest BCUT2D eigenvalue weighted by atomic mass is 16.1. The zero-order valence-electron chi connectivity index (χ0n) is 15.0. The molecule has 132 valence electrons. The van der Waals surface area contributed by atoms with E-state index in [9.17, 15) is 4.79 Å². The molecule has 2 heterocycles. The minimum atomic E-state index is -0.0634. The lowest BCUT2D eigenvalue weighted by molar-refractivity contribution is -0.114. The van der Waals surface area contributed by atoms with Crippen LogP contribution in [0.2, 0.25) is 0 Å². The maximum Gasteiger partial charge on any atom is 0.221 e. The van der Waals surface area contributed by atoms with E-state index in [1.54, 1.807) is 0 Å². The lowest BCUT2D eigenvalue weighted by atomic mass is 10.0. The topological polar surface area (TPSA) is 61.0 Å². The molecule has 0 aliphatic carbocycles. The van der Waals surface area contributed by atoms with Crippen LogP contribution in [0.25, 0.3) is 11.3 Å². The molecule has 0 saturated carbocycles. The Kier molecular flexibility index (Phi) is 4.31. The Balaban J connectivity index is 1.60. The van der Waals surface area contributed by atoms with Crippen molar-refractivity contribution >= 4 is 11.6 Å². The number of aromatic amines is 1. The van der Waals surface area contributed by atoms with Gasteiger partial charge in [0.15, 0.2) is 0 Å². The number of carbonyl (C=O) groups excluding carboxylic acids is 1. The van der Waals surface area contributed by atoms with E-state index in [0.717, 1.165) is 42.1 Å². The van der Waals surface area contributed by atoms with Gasteiger partial charge < -0.3 is 5.32 Å². The van der Waals surface area contributed by atoms with Crippen LogP contribution in [0.3, 0.4) is 0 Å². The second kappa shape index (κ2) is 6.77. The summed E-state index contributed by atoms with van der Waals surface area (Å²) in [4.78, 5) is 13.8. The fourth-order valence-electron chi connectivity index (χ4n) is 3.60. The Morgan fingerprint density at radius 1 is 1.15 bits per heavy atom. The van der Waals surface area contributed by atoms with Gasteiger partial charge in [-0.1, -0.05) is 42.5 Å². The average molecular weight is 346 g/mol. The second-order valence-corrected chi connectivity index (χ2v) is 6.82. The van der Waals surface area contributed by atoms with Gasteiger partial charge in [0.25, 0.3) is 0 Å². The molecule has 0 saturated heterocycles. The zero-order valence-corrected chi connectivity index (χ0v) is 15.0. The third kappa shape index (κ3) is 3.13. The molecule has 0 spiro atoms. The highest BCUT2D eigenvalue weighted by molar-refractivity contribution is 5.91. The zero-order chi connectivity index (χ0) is 18.1. The van der Waals surface area contributed by atoms with Gasteiger partial charge in [-0.3, -0.25) is 14.8 Å². The second-order valence-electron chi connectivity index (χ2n) is 6.82. The van der Waals surface area contributed by atoms with E-state index >= 15 is 0 Å². The van der Waals surface area contributed by atoms with E-state index in [-0.39, 0.29) is 5.91 Å². The summed E-state index contributed by atoms with van der Waals surface area (Å²) in [5.41, 5.74) is 7.68. The number of anilines is 1. The highest BCUT2D eigenvalue weighted by Crippen LogP contribution is 2.35. The van der Waals surface area contributed by atoms with Crippen LogP contribution in [0.5, 0.6) is 0 Å². The number of H-pyrrole nitrogens is 1. The molecular formula is C21H22N4O. The monoisotopic (exact) mass is 346 g/mol. The van der Waals surface area contributed by atoms with E-state index < -0.39 is 0 Å². The Morgan fingerprint density at radius 3 is 2.73 bits per heavy atom. The maximum atomic E-state index is 11.4. The number of nitrogens with one attached hydrogen (secondary N) is 2. The van der Waals surface area contributed by atoms with Crippen molar-refractivity contribution in [3.63, 3.8) is 0 Å². The molecule has 0 fully saturated rings. The smallest absolute Gasteiger partial charge is 0.221 e. The first-order valence-corrected chi connectivity index (χ1v) is 8.82. The van der Waals surface area contributed by atoms with E-state index in [2.05, 4.69) is 50.7 Å². The molecule has 3 aromatic rings. The number of amides is 1. The van der Waals surface area contributed by atoms with E-state index in [0.29, 0.717) is 0 Å². The lowest BCUT2D eigenvalue weighted by Crippen LogP contribution is -2.16. The van der Waals surface area contributed by atoms with Gasteiger partial charge in [-0.2, -0.15) is 5.10 Å². The molecule has 0 bridgehead atoms.